The molecule has 0 amide bonds. The van der Waals surface area contributed by atoms with Crippen LogP contribution >= 0.6 is 0 Å². The van der Waals surface area contributed by atoms with E-state index in [0.717, 1.165) is 42.7 Å². The number of aryl methyl sites for hydroxylation is 2. The number of hydrogen-bond donors (Lipinski definition) is 2. The number of nitrogens with one attached hydrogen (secondary N) is 1. The van der Waals surface area contributed by atoms with Crippen LogP contribution in [0.5, 0.6) is 0 Å². The molecule has 3 aromatic rings. The fourth-order valence-corrected chi connectivity index (χ4v) is 3.30. The molecule has 152 valence electrons. The summed E-state index contributed by atoms with van der Waals surface area (Å²) >= 11 is 0. The van der Waals surface area contributed by atoms with Crippen molar-refractivity contribution in [3.8, 4) is 11.4 Å². The van der Waals surface area contributed by atoms with Crippen LogP contribution in [0.25, 0.3) is 22.4 Å². The number of aromatic nitrogens is 4. The number of fused-ring (bicyclic) bond motifs is 1. The normalized spacial score (nSPS) is 14.0. The van der Waals surface area contributed by atoms with E-state index in [4.69, 9.17) is 5.73 Å². The fraction of sp³-hybridized carbons (Fsp3) is 0.333. The van der Waals surface area contributed by atoms with Gasteiger partial charge in [-0.05, 0) is 44.4 Å². The number of rotatable bonds is 2. The molecule has 3 N–H and O–H groups in total. The molecule has 0 bridgehead atoms. The highest BCUT2D eigenvalue weighted by Gasteiger charge is 2.15. The predicted octanol–water partition coefficient (Wildman–Crippen LogP) is 2.87. The van der Waals surface area contributed by atoms with Gasteiger partial charge in [0.05, 0.1) is 11.9 Å². The zero-order valence-electron chi connectivity index (χ0n) is 17.1. The van der Waals surface area contributed by atoms with Crippen molar-refractivity contribution >= 4 is 22.7 Å². The van der Waals surface area contributed by atoms with Gasteiger partial charge in [0.2, 0.25) is 0 Å². The Morgan fingerprint density at radius 2 is 2.03 bits per heavy atom. The number of guanidine groups is 1. The SMILES string of the molecule is C=CC.Cc1ccc(N=C(N)N2CCCC2)cc1-c1nc2cnn(C)c2c(=O)[nH]1. The first-order valence-corrected chi connectivity index (χ1v) is 9.63. The van der Waals surface area contributed by atoms with Crippen LogP contribution in [-0.2, 0) is 7.05 Å². The van der Waals surface area contributed by atoms with Crippen LogP contribution in [-0.4, -0.2) is 43.7 Å². The van der Waals surface area contributed by atoms with Crippen molar-refractivity contribution in [1.29, 1.82) is 0 Å². The third kappa shape index (κ3) is 4.37. The number of likely N-dealkylation sites (tertiary alicyclic amines) is 1. The molecule has 3 heterocycles. The first-order valence-electron chi connectivity index (χ1n) is 9.63. The van der Waals surface area contributed by atoms with Gasteiger partial charge >= 0.3 is 0 Å². The van der Waals surface area contributed by atoms with Crippen LogP contribution in [0.15, 0.2) is 46.8 Å². The van der Waals surface area contributed by atoms with Crippen molar-refractivity contribution in [1.82, 2.24) is 24.6 Å². The van der Waals surface area contributed by atoms with Crippen molar-refractivity contribution in [3.63, 3.8) is 0 Å². The van der Waals surface area contributed by atoms with Crippen molar-refractivity contribution in [2.75, 3.05) is 13.1 Å². The number of nitrogens with zero attached hydrogens (tertiary/aromatic N) is 5. The fourth-order valence-electron chi connectivity index (χ4n) is 3.30. The molecule has 1 aliphatic rings. The molecule has 1 saturated heterocycles. The van der Waals surface area contributed by atoms with Crippen molar-refractivity contribution in [2.45, 2.75) is 26.7 Å². The van der Waals surface area contributed by atoms with Gasteiger partial charge in [0.15, 0.2) is 11.5 Å². The van der Waals surface area contributed by atoms with Crippen molar-refractivity contribution in [3.05, 3.63) is 53.0 Å². The lowest BCUT2D eigenvalue weighted by atomic mass is 10.1. The van der Waals surface area contributed by atoms with Crippen LogP contribution in [0.1, 0.15) is 25.3 Å². The van der Waals surface area contributed by atoms with E-state index in [1.165, 1.54) is 4.68 Å². The molecular weight excluding hydrogens is 366 g/mol. The molecular formula is C21H27N7O. The van der Waals surface area contributed by atoms with E-state index in [-0.39, 0.29) is 5.56 Å². The minimum atomic E-state index is -0.213. The molecule has 0 unspecified atom stereocenters. The molecule has 0 atom stereocenters. The van der Waals surface area contributed by atoms with Crippen LogP contribution in [0.4, 0.5) is 5.69 Å². The molecule has 8 heteroatoms. The van der Waals surface area contributed by atoms with E-state index in [9.17, 15) is 4.79 Å². The second-order valence-corrected chi connectivity index (χ2v) is 6.99. The summed E-state index contributed by atoms with van der Waals surface area (Å²) < 4.78 is 1.52. The maximum atomic E-state index is 12.4. The van der Waals surface area contributed by atoms with E-state index < -0.39 is 0 Å². The van der Waals surface area contributed by atoms with Gasteiger partial charge in [-0.2, -0.15) is 5.10 Å². The van der Waals surface area contributed by atoms with Gasteiger partial charge in [-0.3, -0.25) is 9.48 Å². The topological polar surface area (TPSA) is 105 Å². The van der Waals surface area contributed by atoms with E-state index in [1.807, 2.05) is 32.0 Å². The van der Waals surface area contributed by atoms with Crippen LogP contribution in [0, 0.1) is 6.92 Å². The summed E-state index contributed by atoms with van der Waals surface area (Å²) in [6, 6.07) is 5.78. The zero-order chi connectivity index (χ0) is 21.0. The van der Waals surface area contributed by atoms with E-state index in [1.54, 1.807) is 19.3 Å². The Hall–Kier alpha value is -3.42. The smallest absolute Gasteiger partial charge is 0.277 e. The van der Waals surface area contributed by atoms with Gasteiger partial charge in [0.25, 0.3) is 5.56 Å². The standard InChI is InChI=1S/C18H21N7O.C3H6/c1-11-5-6-12(21-18(19)25-7-3-4-8-25)9-13(11)16-22-14-10-20-24(2)15(14)17(26)23-16;1-3-2/h5-6,9-10H,3-4,7-8H2,1-2H3,(H2,19,21)(H,22,23,26);3H,1H2,2H3. The highest BCUT2D eigenvalue weighted by atomic mass is 16.1. The molecule has 0 saturated carbocycles. The van der Waals surface area contributed by atoms with Gasteiger partial charge in [-0.25, -0.2) is 9.98 Å². The highest BCUT2D eigenvalue weighted by Crippen LogP contribution is 2.26. The molecule has 8 nitrogen and oxygen atoms in total. The molecule has 4 rings (SSSR count). The summed E-state index contributed by atoms with van der Waals surface area (Å²) in [7, 11) is 1.72. The number of hydrogen-bond acceptors (Lipinski definition) is 4. The van der Waals surface area contributed by atoms with Gasteiger partial charge in [0, 0.05) is 25.7 Å². The Bertz CT molecular complexity index is 1100. The Kier molecular flexibility index (Phi) is 6.11. The average molecular weight is 393 g/mol. The second-order valence-electron chi connectivity index (χ2n) is 6.99. The number of aromatic amines is 1. The maximum Gasteiger partial charge on any atom is 0.277 e. The number of nitrogens with two attached hydrogens (primary N) is 1. The summed E-state index contributed by atoms with van der Waals surface area (Å²) in [6.45, 7) is 9.11. The number of allylic oxidation sites excluding steroid dienone is 1. The summed E-state index contributed by atoms with van der Waals surface area (Å²) in [5.41, 5.74) is 9.50. The largest absolute Gasteiger partial charge is 0.369 e. The summed E-state index contributed by atoms with van der Waals surface area (Å²) in [5.74, 6) is 1.03. The molecule has 1 aromatic carbocycles. The summed E-state index contributed by atoms with van der Waals surface area (Å²) in [6.07, 6.45) is 5.63. The number of H-pyrrole nitrogens is 1. The minimum absolute atomic E-state index is 0.213. The Morgan fingerprint density at radius 1 is 1.34 bits per heavy atom. The van der Waals surface area contributed by atoms with Crippen molar-refractivity contribution < 1.29 is 0 Å². The Balaban J connectivity index is 0.000000755. The monoisotopic (exact) mass is 393 g/mol. The first kappa shape index (κ1) is 20.3. The Morgan fingerprint density at radius 3 is 2.72 bits per heavy atom. The summed E-state index contributed by atoms with van der Waals surface area (Å²) in [4.78, 5) is 26.4. The van der Waals surface area contributed by atoms with Gasteiger partial charge in [0.1, 0.15) is 11.3 Å². The molecule has 0 radical (unpaired) electrons. The van der Waals surface area contributed by atoms with Crippen molar-refractivity contribution in [2.24, 2.45) is 17.8 Å². The van der Waals surface area contributed by atoms with E-state index in [2.05, 4.69) is 31.5 Å². The highest BCUT2D eigenvalue weighted by molar-refractivity contribution is 5.82. The van der Waals surface area contributed by atoms with Crippen LogP contribution in [0.2, 0.25) is 0 Å². The van der Waals surface area contributed by atoms with Gasteiger partial charge in [-0.15, -0.1) is 6.58 Å². The molecule has 0 spiro atoms. The maximum absolute atomic E-state index is 12.4. The third-order valence-electron chi connectivity index (χ3n) is 4.75. The molecule has 29 heavy (non-hydrogen) atoms. The lowest BCUT2D eigenvalue weighted by molar-refractivity contribution is 0.513. The van der Waals surface area contributed by atoms with E-state index in [0.29, 0.717) is 22.8 Å². The van der Waals surface area contributed by atoms with E-state index >= 15 is 0 Å². The van der Waals surface area contributed by atoms with Gasteiger partial charge in [-0.1, -0.05) is 12.1 Å². The third-order valence-corrected chi connectivity index (χ3v) is 4.75. The van der Waals surface area contributed by atoms with Crippen LogP contribution < -0.4 is 11.3 Å². The van der Waals surface area contributed by atoms with Gasteiger partial charge < -0.3 is 15.6 Å². The summed E-state index contributed by atoms with van der Waals surface area (Å²) in [5, 5.41) is 4.11. The first-order chi connectivity index (χ1) is 13.9. The quantitative estimate of drug-likeness (QED) is 0.396. The zero-order valence-corrected chi connectivity index (χ0v) is 17.1. The predicted molar refractivity (Wildman–Crippen MR) is 117 cm³/mol. The Labute approximate surface area is 169 Å². The molecule has 2 aromatic heterocycles. The second kappa shape index (κ2) is 8.72. The molecule has 1 fully saturated rings. The molecule has 0 aliphatic carbocycles. The lowest BCUT2D eigenvalue weighted by Crippen LogP contribution is -2.34. The van der Waals surface area contributed by atoms with Crippen LogP contribution in [0.3, 0.4) is 0 Å². The average Bonchev–Trinajstić information content (AvgIpc) is 3.34. The lowest BCUT2D eigenvalue weighted by Gasteiger charge is -2.16. The number of benzene rings is 1. The minimum Gasteiger partial charge on any atom is -0.369 e. The molecule has 1 aliphatic heterocycles. The number of aliphatic imine (C=N–C) groups is 1.